The van der Waals surface area contributed by atoms with E-state index < -0.39 is 0 Å². The lowest BCUT2D eigenvalue weighted by Crippen LogP contribution is -2.50. The Labute approximate surface area is 124 Å². The number of carbonyl (C=O) groups excluding carboxylic acids is 1. The highest BCUT2D eigenvalue weighted by Gasteiger charge is 2.35. The highest BCUT2D eigenvalue weighted by molar-refractivity contribution is 5.81. The molecule has 2 rings (SSSR count). The summed E-state index contributed by atoms with van der Waals surface area (Å²) in [5.41, 5.74) is 0.379. The SMILES string of the molecule is CC(C)CC1(CNC(=O)C2CC(C)CCN2)CCCC1. The molecule has 1 heterocycles. The Morgan fingerprint density at radius 1 is 1.35 bits per heavy atom. The molecule has 2 aliphatic rings. The van der Waals surface area contributed by atoms with E-state index in [9.17, 15) is 4.79 Å². The van der Waals surface area contributed by atoms with Crippen molar-refractivity contribution in [2.45, 2.75) is 71.8 Å². The third-order valence-corrected chi connectivity index (χ3v) is 5.13. The van der Waals surface area contributed by atoms with Crippen molar-refractivity contribution in [2.24, 2.45) is 17.3 Å². The molecule has 20 heavy (non-hydrogen) atoms. The molecule has 1 saturated heterocycles. The van der Waals surface area contributed by atoms with Gasteiger partial charge in [-0.1, -0.05) is 33.6 Å². The van der Waals surface area contributed by atoms with Gasteiger partial charge in [-0.25, -0.2) is 0 Å². The molecule has 0 aromatic heterocycles. The Bertz CT molecular complexity index is 321. The first-order chi connectivity index (χ1) is 9.51. The number of nitrogens with one attached hydrogen (secondary N) is 2. The Hall–Kier alpha value is -0.570. The Kier molecular flexibility index (Phi) is 5.48. The number of rotatable bonds is 5. The predicted octanol–water partition coefficient (Wildman–Crippen LogP) is 3.10. The molecule has 3 heteroatoms. The topological polar surface area (TPSA) is 41.1 Å². The van der Waals surface area contributed by atoms with Gasteiger partial charge in [0.05, 0.1) is 6.04 Å². The van der Waals surface area contributed by atoms with Crippen LogP contribution in [0.15, 0.2) is 0 Å². The first kappa shape index (κ1) is 15.8. The van der Waals surface area contributed by atoms with E-state index >= 15 is 0 Å². The van der Waals surface area contributed by atoms with Gasteiger partial charge in [-0.05, 0) is 55.9 Å². The molecule has 1 aliphatic carbocycles. The molecule has 0 radical (unpaired) electrons. The van der Waals surface area contributed by atoms with Crippen molar-refractivity contribution < 1.29 is 4.79 Å². The maximum Gasteiger partial charge on any atom is 0.237 e. The van der Waals surface area contributed by atoms with Crippen molar-refractivity contribution in [3.63, 3.8) is 0 Å². The van der Waals surface area contributed by atoms with E-state index in [4.69, 9.17) is 0 Å². The van der Waals surface area contributed by atoms with Gasteiger partial charge in [0.1, 0.15) is 0 Å². The molecular formula is C17H32N2O. The van der Waals surface area contributed by atoms with Crippen LogP contribution in [0.3, 0.4) is 0 Å². The second-order valence-electron chi connectivity index (χ2n) is 7.66. The minimum absolute atomic E-state index is 0.0382. The van der Waals surface area contributed by atoms with E-state index in [1.807, 2.05) is 0 Å². The normalized spacial score (nSPS) is 29.6. The van der Waals surface area contributed by atoms with Crippen LogP contribution < -0.4 is 10.6 Å². The van der Waals surface area contributed by atoms with Gasteiger partial charge in [-0.3, -0.25) is 4.79 Å². The predicted molar refractivity (Wildman–Crippen MR) is 83.6 cm³/mol. The van der Waals surface area contributed by atoms with Gasteiger partial charge in [-0.15, -0.1) is 0 Å². The average molecular weight is 280 g/mol. The highest BCUT2D eigenvalue weighted by atomic mass is 16.2. The van der Waals surface area contributed by atoms with Gasteiger partial charge in [0, 0.05) is 6.54 Å². The summed E-state index contributed by atoms with van der Waals surface area (Å²) < 4.78 is 0. The molecule has 1 amide bonds. The smallest absolute Gasteiger partial charge is 0.237 e. The van der Waals surface area contributed by atoms with Crippen molar-refractivity contribution in [1.82, 2.24) is 10.6 Å². The van der Waals surface area contributed by atoms with Crippen LogP contribution in [0.25, 0.3) is 0 Å². The van der Waals surface area contributed by atoms with E-state index in [1.54, 1.807) is 0 Å². The largest absolute Gasteiger partial charge is 0.354 e. The molecule has 1 aliphatic heterocycles. The maximum absolute atomic E-state index is 12.4. The number of hydrogen-bond acceptors (Lipinski definition) is 2. The van der Waals surface area contributed by atoms with Gasteiger partial charge < -0.3 is 10.6 Å². The molecule has 0 aromatic carbocycles. The summed E-state index contributed by atoms with van der Waals surface area (Å²) in [5.74, 6) is 1.62. The van der Waals surface area contributed by atoms with E-state index in [-0.39, 0.29) is 11.9 Å². The number of amides is 1. The zero-order chi connectivity index (χ0) is 14.6. The zero-order valence-electron chi connectivity index (χ0n) is 13.5. The number of piperidine rings is 1. The summed E-state index contributed by atoms with van der Waals surface area (Å²) in [6.07, 6.45) is 8.69. The van der Waals surface area contributed by atoms with Crippen molar-refractivity contribution in [3.8, 4) is 0 Å². The van der Waals surface area contributed by atoms with Gasteiger partial charge in [-0.2, -0.15) is 0 Å². The van der Waals surface area contributed by atoms with E-state index in [2.05, 4.69) is 31.4 Å². The number of hydrogen-bond donors (Lipinski definition) is 2. The fourth-order valence-corrected chi connectivity index (χ4v) is 4.15. The summed E-state index contributed by atoms with van der Waals surface area (Å²) in [6.45, 7) is 8.71. The van der Waals surface area contributed by atoms with Gasteiger partial charge in [0.25, 0.3) is 0 Å². The van der Waals surface area contributed by atoms with E-state index in [1.165, 1.54) is 38.5 Å². The minimum atomic E-state index is 0.0382. The molecule has 2 atom stereocenters. The number of carbonyl (C=O) groups is 1. The summed E-state index contributed by atoms with van der Waals surface area (Å²) >= 11 is 0. The fraction of sp³-hybridized carbons (Fsp3) is 0.941. The summed E-state index contributed by atoms with van der Waals surface area (Å²) in [5, 5.41) is 6.63. The zero-order valence-corrected chi connectivity index (χ0v) is 13.5. The third kappa shape index (κ3) is 4.21. The van der Waals surface area contributed by atoms with Crippen molar-refractivity contribution in [2.75, 3.05) is 13.1 Å². The Balaban J connectivity index is 1.84. The van der Waals surface area contributed by atoms with Crippen LogP contribution in [0.5, 0.6) is 0 Å². The second kappa shape index (κ2) is 6.93. The lowest BCUT2D eigenvalue weighted by Gasteiger charge is -2.33. The monoisotopic (exact) mass is 280 g/mol. The molecular weight excluding hydrogens is 248 g/mol. The average Bonchev–Trinajstić information content (AvgIpc) is 2.84. The summed E-state index contributed by atoms with van der Waals surface area (Å²) in [4.78, 5) is 12.4. The third-order valence-electron chi connectivity index (χ3n) is 5.13. The maximum atomic E-state index is 12.4. The van der Waals surface area contributed by atoms with E-state index in [0.717, 1.165) is 25.4 Å². The fourth-order valence-electron chi connectivity index (χ4n) is 4.15. The van der Waals surface area contributed by atoms with Crippen LogP contribution in [0.2, 0.25) is 0 Å². The molecule has 116 valence electrons. The van der Waals surface area contributed by atoms with Gasteiger partial charge in [0.15, 0.2) is 0 Å². The second-order valence-corrected chi connectivity index (χ2v) is 7.66. The van der Waals surface area contributed by atoms with Gasteiger partial charge >= 0.3 is 0 Å². The molecule has 1 saturated carbocycles. The van der Waals surface area contributed by atoms with Crippen LogP contribution in [-0.2, 0) is 4.79 Å². The van der Waals surface area contributed by atoms with Gasteiger partial charge in [0.2, 0.25) is 5.91 Å². The van der Waals surface area contributed by atoms with E-state index in [0.29, 0.717) is 11.3 Å². The van der Waals surface area contributed by atoms with Crippen molar-refractivity contribution in [1.29, 1.82) is 0 Å². The highest BCUT2D eigenvalue weighted by Crippen LogP contribution is 2.42. The molecule has 0 bridgehead atoms. The van der Waals surface area contributed by atoms with Crippen LogP contribution in [0.1, 0.15) is 65.7 Å². The Morgan fingerprint density at radius 2 is 2.05 bits per heavy atom. The van der Waals surface area contributed by atoms with Crippen LogP contribution in [0, 0.1) is 17.3 Å². The molecule has 2 fully saturated rings. The van der Waals surface area contributed by atoms with Crippen LogP contribution in [0.4, 0.5) is 0 Å². The summed E-state index contributed by atoms with van der Waals surface area (Å²) in [7, 11) is 0. The molecule has 2 N–H and O–H groups in total. The minimum Gasteiger partial charge on any atom is -0.354 e. The van der Waals surface area contributed by atoms with Crippen molar-refractivity contribution in [3.05, 3.63) is 0 Å². The lowest BCUT2D eigenvalue weighted by atomic mass is 9.78. The molecule has 0 aromatic rings. The molecule has 3 nitrogen and oxygen atoms in total. The molecule has 2 unspecified atom stereocenters. The van der Waals surface area contributed by atoms with Crippen LogP contribution >= 0.6 is 0 Å². The summed E-state index contributed by atoms with van der Waals surface area (Å²) in [6, 6.07) is 0.0382. The van der Waals surface area contributed by atoms with Crippen LogP contribution in [-0.4, -0.2) is 25.0 Å². The first-order valence-electron chi connectivity index (χ1n) is 8.52. The lowest BCUT2D eigenvalue weighted by molar-refractivity contribution is -0.124. The standard InChI is InChI=1S/C17H32N2O/c1-13(2)11-17(7-4-5-8-17)12-19-16(20)15-10-14(3)6-9-18-15/h13-15,18H,4-12H2,1-3H3,(H,19,20). The quantitative estimate of drug-likeness (QED) is 0.812. The first-order valence-corrected chi connectivity index (χ1v) is 8.52. The molecule has 0 spiro atoms. The Morgan fingerprint density at radius 3 is 2.65 bits per heavy atom. The van der Waals surface area contributed by atoms with Crippen molar-refractivity contribution >= 4 is 5.91 Å².